The normalized spacial score (nSPS) is 10.3. The zero-order valence-corrected chi connectivity index (χ0v) is 12.4. The summed E-state index contributed by atoms with van der Waals surface area (Å²) in [5.74, 6) is 0.201. The molecule has 1 N–H and O–H groups in total. The predicted molar refractivity (Wildman–Crippen MR) is 84.5 cm³/mol. The summed E-state index contributed by atoms with van der Waals surface area (Å²) in [7, 11) is 0. The molecule has 2 rings (SSSR count). The molecule has 2 heteroatoms. The van der Waals surface area contributed by atoms with Crippen LogP contribution in [0.25, 0.3) is 0 Å². The van der Waals surface area contributed by atoms with Crippen molar-refractivity contribution in [3.8, 4) is 0 Å². The number of hydrogen-bond donors (Lipinski definition) is 1. The maximum absolute atomic E-state index is 12.3. The van der Waals surface area contributed by atoms with E-state index in [0.29, 0.717) is 13.0 Å². The summed E-state index contributed by atoms with van der Waals surface area (Å²) >= 11 is 0. The fraction of sp³-hybridized carbons (Fsp3) is 0.278. The van der Waals surface area contributed by atoms with Crippen LogP contribution in [-0.2, 0) is 0 Å². The molecular weight excluding hydrogens is 246 g/mol. The summed E-state index contributed by atoms with van der Waals surface area (Å²) < 4.78 is 0. The molecule has 0 saturated heterocycles. The lowest BCUT2D eigenvalue weighted by Crippen LogP contribution is -2.10. The maximum atomic E-state index is 12.3. The number of carbonyl (C=O) groups is 1. The summed E-state index contributed by atoms with van der Waals surface area (Å²) in [4.78, 5) is 12.3. The minimum absolute atomic E-state index is 0.201. The summed E-state index contributed by atoms with van der Waals surface area (Å²) in [5.41, 5.74) is 5.33. The Kier molecular flexibility index (Phi) is 4.57. The third-order valence-electron chi connectivity index (χ3n) is 3.51. The van der Waals surface area contributed by atoms with Crippen LogP contribution in [0.1, 0.15) is 33.5 Å². The second-order valence-corrected chi connectivity index (χ2v) is 5.23. The Hall–Kier alpha value is -2.09. The van der Waals surface area contributed by atoms with E-state index in [1.54, 1.807) is 0 Å². The van der Waals surface area contributed by atoms with Crippen LogP contribution in [0.3, 0.4) is 0 Å². The van der Waals surface area contributed by atoms with Crippen LogP contribution in [0.15, 0.2) is 42.5 Å². The largest absolute Gasteiger partial charge is 0.384 e. The zero-order chi connectivity index (χ0) is 14.5. The van der Waals surface area contributed by atoms with Gasteiger partial charge in [0, 0.05) is 24.2 Å². The van der Waals surface area contributed by atoms with Gasteiger partial charge in [0.15, 0.2) is 5.78 Å². The van der Waals surface area contributed by atoms with Gasteiger partial charge in [0.2, 0.25) is 0 Å². The van der Waals surface area contributed by atoms with Gasteiger partial charge in [-0.05, 0) is 44.0 Å². The van der Waals surface area contributed by atoms with Crippen molar-refractivity contribution in [3.05, 3.63) is 64.7 Å². The quantitative estimate of drug-likeness (QED) is 0.818. The summed E-state index contributed by atoms with van der Waals surface area (Å²) in [6, 6.07) is 14.1. The molecule has 0 saturated carbocycles. The molecule has 2 nitrogen and oxygen atoms in total. The molecule has 0 aliphatic rings. The third-order valence-corrected chi connectivity index (χ3v) is 3.51. The van der Waals surface area contributed by atoms with Gasteiger partial charge in [-0.25, -0.2) is 0 Å². The predicted octanol–water partition coefficient (Wildman–Crippen LogP) is 4.30. The first kappa shape index (κ1) is 14.3. The molecule has 20 heavy (non-hydrogen) atoms. The van der Waals surface area contributed by atoms with Gasteiger partial charge in [-0.2, -0.15) is 0 Å². The standard InChI is InChI=1S/C18H21NO/c1-13-8-9-14(2)16(12-13)18(20)10-11-19-17-7-5-4-6-15(17)3/h4-9,12,19H,10-11H2,1-3H3. The first-order chi connectivity index (χ1) is 9.58. The molecule has 0 fully saturated rings. The molecule has 2 aromatic carbocycles. The molecular formula is C18H21NO. The highest BCUT2D eigenvalue weighted by molar-refractivity contribution is 5.97. The van der Waals surface area contributed by atoms with E-state index in [1.165, 1.54) is 5.56 Å². The number of ketones is 1. The number of aryl methyl sites for hydroxylation is 3. The number of hydrogen-bond acceptors (Lipinski definition) is 2. The lowest BCUT2D eigenvalue weighted by atomic mass is 10.0. The van der Waals surface area contributed by atoms with Crippen LogP contribution in [0.2, 0.25) is 0 Å². The molecule has 0 atom stereocenters. The van der Waals surface area contributed by atoms with Gasteiger partial charge in [-0.1, -0.05) is 35.9 Å². The Labute approximate surface area is 120 Å². The molecule has 0 radical (unpaired) electrons. The van der Waals surface area contributed by atoms with Crippen LogP contribution in [0.4, 0.5) is 5.69 Å². The number of nitrogens with one attached hydrogen (secondary N) is 1. The Bertz CT molecular complexity index is 617. The van der Waals surface area contributed by atoms with E-state index in [9.17, 15) is 4.79 Å². The van der Waals surface area contributed by atoms with Crippen molar-refractivity contribution in [2.45, 2.75) is 27.2 Å². The molecule has 0 heterocycles. The van der Waals surface area contributed by atoms with Gasteiger partial charge >= 0.3 is 0 Å². The molecule has 0 amide bonds. The van der Waals surface area contributed by atoms with Crippen molar-refractivity contribution in [2.24, 2.45) is 0 Å². The van der Waals surface area contributed by atoms with Crippen molar-refractivity contribution in [2.75, 3.05) is 11.9 Å². The zero-order valence-electron chi connectivity index (χ0n) is 12.4. The highest BCUT2D eigenvalue weighted by Gasteiger charge is 2.09. The number of rotatable bonds is 5. The van der Waals surface area contributed by atoms with E-state index >= 15 is 0 Å². The van der Waals surface area contributed by atoms with Crippen LogP contribution in [0, 0.1) is 20.8 Å². The monoisotopic (exact) mass is 267 g/mol. The van der Waals surface area contributed by atoms with Gasteiger partial charge < -0.3 is 5.32 Å². The number of para-hydroxylation sites is 1. The van der Waals surface area contributed by atoms with Gasteiger partial charge in [0.05, 0.1) is 0 Å². The number of Topliss-reactive ketones (excluding diaryl/α,β-unsaturated/α-hetero) is 1. The van der Waals surface area contributed by atoms with Crippen molar-refractivity contribution >= 4 is 11.5 Å². The number of anilines is 1. The van der Waals surface area contributed by atoms with Gasteiger partial charge in [-0.15, -0.1) is 0 Å². The SMILES string of the molecule is Cc1ccc(C)c(C(=O)CCNc2ccccc2C)c1. The molecule has 0 spiro atoms. The van der Waals surface area contributed by atoms with E-state index in [2.05, 4.69) is 18.3 Å². The second kappa shape index (κ2) is 6.38. The molecule has 0 aromatic heterocycles. The van der Waals surface area contributed by atoms with E-state index < -0.39 is 0 Å². The Balaban J connectivity index is 1.96. The highest BCUT2D eigenvalue weighted by atomic mass is 16.1. The van der Waals surface area contributed by atoms with E-state index in [1.807, 2.05) is 50.2 Å². The summed E-state index contributed by atoms with van der Waals surface area (Å²) in [6.45, 7) is 6.73. The molecule has 0 bridgehead atoms. The smallest absolute Gasteiger partial charge is 0.164 e. The van der Waals surface area contributed by atoms with Crippen molar-refractivity contribution < 1.29 is 4.79 Å². The van der Waals surface area contributed by atoms with E-state index in [-0.39, 0.29) is 5.78 Å². The highest BCUT2D eigenvalue weighted by Crippen LogP contribution is 2.15. The van der Waals surface area contributed by atoms with Crippen LogP contribution in [-0.4, -0.2) is 12.3 Å². The van der Waals surface area contributed by atoms with Crippen LogP contribution >= 0.6 is 0 Å². The second-order valence-electron chi connectivity index (χ2n) is 5.23. The fourth-order valence-electron chi connectivity index (χ4n) is 2.25. The van der Waals surface area contributed by atoms with Gasteiger partial charge in [0.25, 0.3) is 0 Å². The summed E-state index contributed by atoms with van der Waals surface area (Å²) in [5, 5.41) is 3.33. The van der Waals surface area contributed by atoms with Crippen LogP contribution < -0.4 is 5.32 Å². The van der Waals surface area contributed by atoms with Crippen LogP contribution in [0.5, 0.6) is 0 Å². The summed E-state index contributed by atoms with van der Waals surface area (Å²) in [6.07, 6.45) is 0.513. The minimum atomic E-state index is 0.201. The maximum Gasteiger partial charge on any atom is 0.164 e. The van der Waals surface area contributed by atoms with E-state index in [4.69, 9.17) is 0 Å². The lowest BCUT2D eigenvalue weighted by molar-refractivity contribution is 0.0986. The number of benzene rings is 2. The Morgan fingerprint density at radius 2 is 1.75 bits per heavy atom. The third kappa shape index (κ3) is 3.47. The first-order valence-corrected chi connectivity index (χ1v) is 6.98. The first-order valence-electron chi connectivity index (χ1n) is 6.98. The fourth-order valence-corrected chi connectivity index (χ4v) is 2.25. The van der Waals surface area contributed by atoms with E-state index in [0.717, 1.165) is 22.4 Å². The molecule has 0 aliphatic heterocycles. The average molecular weight is 267 g/mol. The van der Waals surface area contributed by atoms with Crippen molar-refractivity contribution in [1.82, 2.24) is 0 Å². The molecule has 2 aromatic rings. The van der Waals surface area contributed by atoms with Gasteiger partial charge in [-0.3, -0.25) is 4.79 Å². The lowest BCUT2D eigenvalue weighted by Gasteiger charge is -2.10. The van der Waals surface area contributed by atoms with Crippen molar-refractivity contribution in [1.29, 1.82) is 0 Å². The molecule has 0 aliphatic carbocycles. The number of carbonyl (C=O) groups excluding carboxylic acids is 1. The average Bonchev–Trinajstić information content (AvgIpc) is 2.43. The minimum Gasteiger partial charge on any atom is -0.384 e. The topological polar surface area (TPSA) is 29.1 Å². The molecule has 0 unspecified atom stereocenters. The molecule has 104 valence electrons. The van der Waals surface area contributed by atoms with Crippen molar-refractivity contribution in [3.63, 3.8) is 0 Å². The van der Waals surface area contributed by atoms with Gasteiger partial charge in [0.1, 0.15) is 0 Å². The Morgan fingerprint density at radius 1 is 1.00 bits per heavy atom. The Morgan fingerprint density at radius 3 is 2.50 bits per heavy atom.